The first-order valence-electron chi connectivity index (χ1n) is 3.56. The van der Waals surface area contributed by atoms with E-state index in [0.717, 1.165) is 0 Å². The summed E-state index contributed by atoms with van der Waals surface area (Å²) in [4.78, 5) is 22.1. The van der Waals surface area contributed by atoms with E-state index in [0.29, 0.717) is 0 Å². The van der Waals surface area contributed by atoms with Crippen LogP contribution < -0.4 is 0 Å². The SMILES string of the molecule is CN(C)[C@H](CCC(=O)O)C(=O)O.Cl. The number of halogens is 1. The number of nitrogens with zero attached hydrogens (tertiary/aromatic N) is 1. The maximum absolute atomic E-state index is 10.5. The summed E-state index contributed by atoms with van der Waals surface area (Å²) in [5, 5.41) is 16.9. The predicted octanol–water partition coefficient (Wildman–Crippen LogP) is 0.288. The van der Waals surface area contributed by atoms with Gasteiger partial charge in [-0.3, -0.25) is 14.5 Å². The van der Waals surface area contributed by atoms with E-state index in [1.54, 1.807) is 14.1 Å². The summed E-state index contributed by atoms with van der Waals surface area (Å²) < 4.78 is 0. The molecule has 0 aromatic heterocycles. The number of hydrogen-bond acceptors (Lipinski definition) is 3. The Morgan fingerprint density at radius 2 is 1.77 bits per heavy atom. The molecule has 0 amide bonds. The van der Waals surface area contributed by atoms with Crippen LogP contribution in [-0.4, -0.2) is 47.2 Å². The molecule has 2 N–H and O–H groups in total. The second kappa shape index (κ2) is 6.68. The lowest BCUT2D eigenvalue weighted by Gasteiger charge is -2.18. The second-order valence-corrected chi connectivity index (χ2v) is 2.75. The summed E-state index contributed by atoms with van der Waals surface area (Å²) in [7, 11) is 3.22. The Kier molecular flexibility index (Phi) is 7.55. The number of likely N-dealkylation sites (N-methyl/N-ethyl adjacent to an activating group) is 1. The number of carboxylic acid groups (broad SMARTS) is 2. The molecule has 0 fully saturated rings. The molecule has 0 aliphatic heterocycles. The van der Waals surface area contributed by atoms with Crippen LogP contribution in [0.5, 0.6) is 0 Å². The predicted molar refractivity (Wildman–Crippen MR) is 49.2 cm³/mol. The van der Waals surface area contributed by atoms with Gasteiger partial charge < -0.3 is 10.2 Å². The van der Waals surface area contributed by atoms with Crippen LogP contribution in [0.4, 0.5) is 0 Å². The van der Waals surface area contributed by atoms with E-state index in [1.807, 2.05) is 0 Å². The van der Waals surface area contributed by atoms with Crippen LogP contribution in [0.2, 0.25) is 0 Å². The first-order valence-corrected chi connectivity index (χ1v) is 3.56. The van der Waals surface area contributed by atoms with Gasteiger partial charge in [-0.15, -0.1) is 12.4 Å². The minimum Gasteiger partial charge on any atom is -0.481 e. The summed E-state index contributed by atoms with van der Waals surface area (Å²) in [6.45, 7) is 0. The molecule has 0 aliphatic rings. The van der Waals surface area contributed by atoms with Crippen molar-refractivity contribution in [2.75, 3.05) is 14.1 Å². The van der Waals surface area contributed by atoms with E-state index in [1.165, 1.54) is 4.90 Å². The van der Waals surface area contributed by atoms with Gasteiger partial charge in [0.25, 0.3) is 0 Å². The van der Waals surface area contributed by atoms with Gasteiger partial charge in [0.05, 0.1) is 0 Å². The lowest BCUT2D eigenvalue weighted by Crippen LogP contribution is -2.35. The Balaban J connectivity index is 0. The Bertz CT molecular complexity index is 183. The molecule has 6 heteroatoms. The van der Waals surface area contributed by atoms with Crippen molar-refractivity contribution >= 4 is 24.3 Å². The topological polar surface area (TPSA) is 77.8 Å². The normalized spacial score (nSPS) is 11.9. The molecule has 0 spiro atoms. The summed E-state index contributed by atoms with van der Waals surface area (Å²) in [6.07, 6.45) is 0.0206. The third-order valence-corrected chi connectivity index (χ3v) is 1.54. The number of carboxylic acids is 2. The van der Waals surface area contributed by atoms with Crippen molar-refractivity contribution in [3.8, 4) is 0 Å². The van der Waals surface area contributed by atoms with Crippen LogP contribution in [0.3, 0.4) is 0 Å². The van der Waals surface area contributed by atoms with Gasteiger partial charge in [-0.05, 0) is 20.5 Å². The summed E-state index contributed by atoms with van der Waals surface area (Å²) in [5.41, 5.74) is 0. The summed E-state index contributed by atoms with van der Waals surface area (Å²) >= 11 is 0. The molecule has 0 saturated heterocycles. The second-order valence-electron chi connectivity index (χ2n) is 2.75. The first kappa shape index (κ1) is 14.7. The molecule has 0 aromatic rings. The van der Waals surface area contributed by atoms with Crippen molar-refractivity contribution in [3.63, 3.8) is 0 Å². The van der Waals surface area contributed by atoms with E-state index < -0.39 is 18.0 Å². The molecule has 0 unspecified atom stereocenters. The molecule has 13 heavy (non-hydrogen) atoms. The van der Waals surface area contributed by atoms with Gasteiger partial charge >= 0.3 is 11.9 Å². The van der Waals surface area contributed by atoms with Crippen LogP contribution in [-0.2, 0) is 9.59 Å². The molecule has 0 heterocycles. The number of carbonyl (C=O) groups is 2. The number of aliphatic carboxylic acids is 2. The molecule has 0 rings (SSSR count). The number of hydrogen-bond donors (Lipinski definition) is 2. The van der Waals surface area contributed by atoms with Crippen LogP contribution in [0.25, 0.3) is 0 Å². The highest BCUT2D eigenvalue weighted by atomic mass is 35.5. The third kappa shape index (κ3) is 6.36. The van der Waals surface area contributed by atoms with Crippen molar-refractivity contribution in [1.82, 2.24) is 4.90 Å². The molecule has 78 valence electrons. The molecule has 0 radical (unpaired) electrons. The quantitative estimate of drug-likeness (QED) is 0.684. The molecular weight excluding hydrogens is 198 g/mol. The molecule has 0 aromatic carbocycles. The smallest absolute Gasteiger partial charge is 0.320 e. The largest absolute Gasteiger partial charge is 0.481 e. The van der Waals surface area contributed by atoms with Gasteiger partial charge in [0.2, 0.25) is 0 Å². The fraction of sp³-hybridized carbons (Fsp3) is 0.714. The molecule has 1 atom stereocenters. The minimum absolute atomic E-state index is 0. The Morgan fingerprint density at radius 3 is 2.00 bits per heavy atom. The number of rotatable bonds is 5. The highest BCUT2D eigenvalue weighted by molar-refractivity contribution is 5.85. The van der Waals surface area contributed by atoms with Gasteiger partial charge in [0, 0.05) is 6.42 Å². The summed E-state index contributed by atoms with van der Waals surface area (Å²) in [5.74, 6) is -1.95. The maximum atomic E-state index is 10.5. The molecule has 5 nitrogen and oxygen atoms in total. The Morgan fingerprint density at radius 1 is 1.31 bits per heavy atom. The van der Waals surface area contributed by atoms with Gasteiger partial charge in [0.1, 0.15) is 6.04 Å². The average molecular weight is 212 g/mol. The zero-order chi connectivity index (χ0) is 9.72. The standard InChI is InChI=1S/C7H13NO4.ClH/c1-8(2)5(7(11)12)3-4-6(9)10;/h5H,3-4H2,1-2H3,(H,9,10)(H,11,12);1H/t5-;/m1./s1. The van der Waals surface area contributed by atoms with E-state index in [2.05, 4.69) is 0 Å². The minimum atomic E-state index is -0.985. The van der Waals surface area contributed by atoms with Crippen LogP contribution in [0, 0.1) is 0 Å². The van der Waals surface area contributed by atoms with Crippen molar-refractivity contribution < 1.29 is 19.8 Å². The lowest BCUT2D eigenvalue weighted by atomic mass is 10.1. The fourth-order valence-electron chi connectivity index (χ4n) is 0.863. The van der Waals surface area contributed by atoms with E-state index in [9.17, 15) is 9.59 Å². The van der Waals surface area contributed by atoms with Gasteiger partial charge in [-0.2, -0.15) is 0 Å². The van der Waals surface area contributed by atoms with E-state index >= 15 is 0 Å². The highest BCUT2D eigenvalue weighted by Crippen LogP contribution is 2.03. The van der Waals surface area contributed by atoms with E-state index in [4.69, 9.17) is 10.2 Å². The molecule has 0 bridgehead atoms. The molecule has 0 saturated carbocycles. The van der Waals surface area contributed by atoms with Gasteiger partial charge in [-0.25, -0.2) is 0 Å². The molecule has 0 aliphatic carbocycles. The Labute approximate surface area is 82.8 Å². The van der Waals surface area contributed by atoms with Gasteiger partial charge in [-0.1, -0.05) is 0 Å². The Hall–Kier alpha value is -0.810. The first-order chi connectivity index (χ1) is 5.45. The van der Waals surface area contributed by atoms with Crippen LogP contribution >= 0.6 is 12.4 Å². The van der Waals surface area contributed by atoms with E-state index in [-0.39, 0.29) is 25.2 Å². The summed E-state index contributed by atoms with van der Waals surface area (Å²) in [6, 6.07) is -0.707. The average Bonchev–Trinajstić information content (AvgIpc) is 1.84. The molecular formula is C7H14ClNO4. The zero-order valence-electron chi connectivity index (χ0n) is 7.56. The van der Waals surface area contributed by atoms with Crippen molar-refractivity contribution in [2.45, 2.75) is 18.9 Å². The van der Waals surface area contributed by atoms with Crippen LogP contribution in [0.1, 0.15) is 12.8 Å². The zero-order valence-corrected chi connectivity index (χ0v) is 8.37. The van der Waals surface area contributed by atoms with Crippen molar-refractivity contribution in [1.29, 1.82) is 0 Å². The van der Waals surface area contributed by atoms with Crippen molar-refractivity contribution in [2.24, 2.45) is 0 Å². The lowest BCUT2D eigenvalue weighted by molar-refractivity contribution is -0.143. The fourth-order valence-corrected chi connectivity index (χ4v) is 0.863. The third-order valence-electron chi connectivity index (χ3n) is 1.54. The van der Waals surface area contributed by atoms with Crippen molar-refractivity contribution in [3.05, 3.63) is 0 Å². The monoisotopic (exact) mass is 211 g/mol. The van der Waals surface area contributed by atoms with Crippen LogP contribution in [0.15, 0.2) is 0 Å². The van der Waals surface area contributed by atoms with Gasteiger partial charge in [0.15, 0.2) is 0 Å². The maximum Gasteiger partial charge on any atom is 0.320 e. The highest BCUT2D eigenvalue weighted by Gasteiger charge is 2.20.